The van der Waals surface area contributed by atoms with E-state index in [1.807, 2.05) is 13.8 Å². The van der Waals surface area contributed by atoms with E-state index in [9.17, 15) is 9.59 Å². The highest BCUT2D eigenvalue weighted by atomic mass is 35.5. The fourth-order valence-electron chi connectivity index (χ4n) is 2.78. The molecule has 31 heavy (non-hydrogen) atoms. The Hall–Kier alpha value is -2.35. The number of hydrogen-bond donors (Lipinski definition) is 2. The van der Waals surface area contributed by atoms with Gasteiger partial charge < -0.3 is 20.3 Å². The molecule has 2 rings (SSSR count). The topological polar surface area (TPSA) is 70.7 Å². The number of anilines is 1. The molecule has 2 N–H and O–H groups in total. The van der Waals surface area contributed by atoms with Crippen molar-refractivity contribution in [2.24, 2.45) is 0 Å². The minimum absolute atomic E-state index is 0.0515. The Labute approximate surface area is 197 Å². The van der Waals surface area contributed by atoms with E-state index in [0.29, 0.717) is 53.2 Å². The largest absolute Gasteiger partial charge is 0.492 e. The first-order chi connectivity index (χ1) is 14.8. The van der Waals surface area contributed by atoms with Crippen molar-refractivity contribution in [1.82, 2.24) is 10.2 Å². The van der Waals surface area contributed by atoms with Gasteiger partial charge in [0.25, 0.3) is 5.91 Å². The summed E-state index contributed by atoms with van der Waals surface area (Å²) in [6, 6.07) is 12.0. The number of rotatable bonds is 9. The Morgan fingerprint density at radius 1 is 1.10 bits per heavy atom. The summed E-state index contributed by atoms with van der Waals surface area (Å²) in [6.07, 6.45) is 0.717. The third-order valence-corrected chi connectivity index (χ3v) is 5.11. The minimum atomic E-state index is -0.237. The fourth-order valence-corrected chi connectivity index (χ4v) is 3.48. The average Bonchev–Trinajstić information content (AvgIpc) is 2.73. The number of benzene rings is 2. The molecule has 0 aliphatic heterocycles. The molecule has 2 amide bonds. The van der Waals surface area contributed by atoms with Crippen molar-refractivity contribution in [3.63, 3.8) is 0 Å². The lowest BCUT2D eigenvalue weighted by atomic mass is 10.1. The number of thiocarbonyl (C=S) groups is 1. The Balaban J connectivity index is 1.78. The first-order valence-electron chi connectivity index (χ1n) is 9.92. The summed E-state index contributed by atoms with van der Waals surface area (Å²) >= 11 is 17.1. The van der Waals surface area contributed by atoms with Crippen molar-refractivity contribution in [2.45, 2.75) is 26.7 Å². The highest BCUT2D eigenvalue weighted by Gasteiger charge is 2.13. The molecule has 166 valence electrons. The van der Waals surface area contributed by atoms with Crippen LogP contribution in [0.2, 0.25) is 10.0 Å². The van der Waals surface area contributed by atoms with Crippen LogP contribution >= 0.6 is 35.4 Å². The van der Waals surface area contributed by atoms with Gasteiger partial charge in [0.1, 0.15) is 5.75 Å². The van der Waals surface area contributed by atoms with E-state index in [1.54, 1.807) is 47.4 Å². The van der Waals surface area contributed by atoms with Crippen LogP contribution in [0.5, 0.6) is 5.75 Å². The van der Waals surface area contributed by atoms with Crippen LogP contribution < -0.4 is 15.4 Å². The van der Waals surface area contributed by atoms with Gasteiger partial charge in [-0.05, 0) is 68.9 Å². The van der Waals surface area contributed by atoms with Crippen molar-refractivity contribution in [3.05, 3.63) is 58.1 Å². The molecule has 0 atom stereocenters. The number of halogens is 2. The summed E-state index contributed by atoms with van der Waals surface area (Å²) in [5, 5.41) is 6.68. The molecule has 6 nitrogen and oxygen atoms in total. The molecular weight excluding hydrogens is 457 g/mol. The van der Waals surface area contributed by atoms with E-state index in [0.717, 1.165) is 0 Å². The summed E-state index contributed by atoms with van der Waals surface area (Å²) in [6.45, 7) is 5.46. The van der Waals surface area contributed by atoms with E-state index in [-0.39, 0.29) is 23.3 Å². The first kappa shape index (κ1) is 24.9. The molecule has 0 spiro atoms. The van der Waals surface area contributed by atoms with Crippen LogP contribution in [0.1, 0.15) is 37.0 Å². The van der Waals surface area contributed by atoms with Crippen LogP contribution in [0.3, 0.4) is 0 Å². The van der Waals surface area contributed by atoms with E-state index in [2.05, 4.69) is 10.6 Å². The average molecular weight is 482 g/mol. The van der Waals surface area contributed by atoms with Gasteiger partial charge in [0.05, 0.1) is 11.6 Å². The van der Waals surface area contributed by atoms with Gasteiger partial charge in [-0.2, -0.15) is 0 Å². The Kier molecular flexibility index (Phi) is 10.0. The van der Waals surface area contributed by atoms with Crippen LogP contribution in [0.4, 0.5) is 5.69 Å². The van der Waals surface area contributed by atoms with Gasteiger partial charge in [0.15, 0.2) is 5.11 Å². The summed E-state index contributed by atoms with van der Waals surface area (Å²) in [5.41, 5.74) is 1.19. The maximum Gasteiger partial charge on any atom is 0.253 e. The fraction of sp³-hybridized carbons (Fsp3) is 0.318. The van der Waals surface area contributed by atoms with Crippen LogP contribution in [-0.2, 0) is 4.79 Å². The second kappa shape index (κ2) is 12.5. The number of amides is 2. The summed E-state index contributed by atoms with van der Waals surface area (Å²) < 4.78 is 5.56. The highest BCUT2D eigenvalue weighted by molar-refractivity contribution is 7.80. The van der Waals surface area contributed by atoms with Crippen molar-refractivity contribution in [1.29, 1.82) is 0 Å². The second-order valence-electron chi connectivity index (χ2n) is 6.59. The molecule has 0 unspecified atom stereocenters. The Morgan fingerprint density at radius 3 is 2.52 bits per heavy atom. The molecule has 9 heteroatoms. The normalized spacial score (nSPS) is 10.3. The number of hydrogen-bond acceptors (Lipinski definition) is 4. The van der Waals surface area contributed by atoms with E-state index in [4.69, 9.17) is 40.2 Å². The molecule has 0 radical (unpaired) electrons. The van der Waals surface area contributed by atoms with Gasteiger partial charge in [-0.25, -0.2) is 0 Å². The van der Waals surface area contributed by atoms with Gasteiger partial charge >= 0.3 is 0 Å². The monoisotopic (exact) mass is 481 g/mol. The predicted molar refractivity (Wildman–Crippen MR) is 129 cm³/mol. The molecular formula is C22H25Cl2N3O3S. The first-order valence-corrected chi connectivity index (χ1v) is 11.1. The van der Waals surface area contributed by atoms with E-state index >= 15 is 0 Å². The molecule has 0 fully saturated rings. The van der Waals surface area contributed by atoms with Crippen LogP contribution in [0.25, 0.3) is 0 Å². The maximum absolute atomic E-state index is 12.5. The van der Waals surface area contributed by atoms with Gasteiger partial charge in [-0.3, -0.25) is 9.59 Å². The van der Waals surface area contributed by atoms with Crippen molar-refractivity contribution < 1.29 is 14.3 Å². The van der Waals surface area contributed by atoms with Crippen LogP contribution in [-0.4, -0.2) is 41.5 Å². The van der Waals surface area contributed by atoms with Crippen molar-refractivity contribution in [3.8, 4) is 5.75 Å². The molecule has 0 aliphatic carbocycles. The second-order valence-corrected chi connectivity index (χ2v) is 7.84. The molecule has 2 aromatic carbocycles. The highest BCUT2D eigenvalue weighted by Crippen LogP contribution is 2.27. The molecule has 0 bridgehead atoms. The van der Waals surface area contributed by atoms with Gasteiger partial charge in [-0.1, -0.05) is 29.3 Å². The van der Waals surface area contributed by atoms with Gasteiger partial charge in [0.2, 0.25) is 5.91 Å². The lowest BCUT2D eigenvalue weighted by Crippen LogP contribution is -2.34. The maximum atomic E-state index is 12.5. The van der Waals surface area contributed by atoms with Gasteiger partial charge in [-0.15, -0.1) is 0 Å². The Morgan fingerprint density at radius 2 is 1.84 bits per heavy atom. The molecule has 0 saturated carbocycles. The third-order valence-electron chi connectivity index (χ3n) is 4.37. The number of nitrogens with zero attached hydrogens (tertiary/aromatic N) is 1. The van der Waals surface area contributed by atoms with Crippen molar-refractivity contribution >= 4 is 58.0 Å². The SMILES string of the molecule is CCN(CC)C(=O)c1cccc(NC(=S)NC(=O)CCCOc2ccc(Cl)cc2Cl)c1. The standard InChI is InChI=1S/C22H25Cl2N3O3S/c1-3-27(4-2)21(29)15-7-5-8-17(13-15)25-22(31)26-20(28)9-6-12-30-19-11-10-16(23)14-18(19)24/h5,7-8,10-11,13-14H,3-4,6,9,12H2,1-2H3,(H2,25,26,28,31). The Bertz CT molecular complexity index is 936. The quantitative estimate of drug-likeness (QED) is 0.382. The third kappa shape index (κ3) is 8.01. The molecule has 0 aliphatic rings. The van der Waals surface area contributed by atoms with Crippen LogP contribution in [0, 0.1) is 0 Å². The minimum Gasteiger partial charge on any atom is -0.492 e. The zero-order valence-electron chi connectivity index (χ0n) is 17.4. The zero-order chi connectivity index (χ0) is 22.8. The molecule has 2 aromatic rings. The van der Waals surface area contributed by atoms with E-state index in [1.165, 1.54) is 0 Å². The number of carbonyl (C=O) groups is 2. The summed E-state index contributed by atoms with van der Waals surface area (Å²) in [4.78, 5) is 26.3. The van der Waals surface area contributed by atoms with Crippen LogP contribution in [0.15, 0.2) is 42.5 Å². The lowest BCUT2D eigenvalue weighted by molar-refractivity contribution is -0.119. The molecule has 0 aromatic heterocycles. The molecule has 0 saturated heterocycles. The summed E-state index contributed by atoms with van der Waals surface area (Å²) in [5.74, 6) is 0.228. The van der Waals surface area contributed by atoms with Crippen molar-refractivity contribution in [2.75, 3.05) is 25.0 Å². The zero-order valence-corrected chi connectivity index (χ0v) is 19.7. The number of carbonyl (C=O) groups excluding carboxylic acids is 2. The predicted octanol–water partition coefficient (Wildman–Crippen LogP) is 5.15. The van der Waals surface area contributed by atoms with Gasteiger partial charge in [0, 0.05) is 35.8 Å². The smallest absolute Gasteiger partial charge is 0.253 e. The lowest BCUT2D eigenvalue weighted by Gasteiger charge is -2.19. The molecule has 0 heterocycles. The summed E-state index contributed by atoms with van der Waals surface area (Å²) in [7, 11) is 0. The number of ether oxygens (including phenoxy) is 1. The van der Waals surface area contributed by atoms with E-state index < -0.39 is 0 Å². The number of nitrogens with one attached hydrogen (secondary N) is 2.